The van der Waals surface area contributed by atoms with Gasteiger partial charge in [0.05, 0.1) is 30.0 Å². The first-order valence-electron chi connectivity index (χ1n) is 11.0. The van der Waals surface area contributed by atoms with Crippen LogP contribution < -0.4 is 10.2 Å². The number of hydrogen-bond donors (Lipinski definition) is 1. The lowest BCUT2D eigenvalue weighted by Gasteiger charge is -2.31. The summed E-state index contributed by atoms with van der Waals surface area (Å²) in [6.07, 6.45) is 4.48. The number of hydrogen-bond acceptors (Lipinski definition) is 6. The largest absolute Gasteiger partial charge is 0.361 e. The van der Waals surface area contributed by atoms with Crippen molar-refractivity contribution in [2.45, 2.75) is 26.8 Å². The van der Waals surface area contributed by atoms with E-state index in [9.17, 15) is 9.59 Å². The van der Waals surface area contributed by atoms with Crippen molar-refractivity contribution in [2.24, 2.45) is 0 Å². The van der Waals surface area contributed by atoms with Gasteiger partial charge < -0.3 is 19.6 Å². The van der Waals surface area contributed by atoms with Crippen molar-refractivity contribution in [3.05, 3.63) is 76.8 Å². The summed E-state index contributed by atoms with van der Waals surface area (Å²) in [5, 5.41) is 7.03. The minimum absolute atomic E-state index is 0.0935. The molecule has 2 aliphatic rings. The zero-order valence-corrected chi connectivity index (χ0v) is 18.7. The first-order chi connectivity index (χ1) is 16.0. The lowest BCUT2D eigenvalue weighted by atomic mass is 9.99. The maximum absolute atomic E-state index is 13.2. The molecule has 0 unspecified atom stereocenters. The number of fused-ring (bicyclic) bond motifs is 1. The number of carbonyl (C=O) groups excluding carboxylic acids is 2. The number of aryl methyl sites for hydroxylation is 2. The molecule has 0 spiro atoms. The van der Waals surface area contributed by atoms with E-state index in [0.717, 1.165) is 17.7 Å². The van der Waals surface area contributed by atoms with Gasteiger partial charge in [-0.15, -0.1) is 0 Å². The second kappa shape index (κ2) is 8.54. The highest BCUT2D eigenvalue weighted by molar-refractivity contribution is 6.04. The Bertz CT molecular complexity index is 1230. The predicted molar refractivity (Wildman–Crippen MR) is 125 cm³/mol. The Morgan fingerprint density at radius 3 is 2.73 bits per heavy atom. The highest BCUT2D eigenvalue weighted by Gasteiger charge is 2.29. The smallest absolute Gasteiger partial charge is 0.255 e. The van der Waals surface area contributed by atoms with Crippen molar-refractivity contribution in [1.82, 2.24) is 15.0 Å². The average molecular weight is 444 g/mol. The van der Waals surface area contributed by atoms with Gasteiger partial charge in [-0.1, -0.05) is 41.6 Å². The third kappa shape index (κ3) is 4.00. The average Bonchev–Trinajstić information content (AvgIpc) is 3.17. The monoisotopic (exact) mass is 443 g/mol. The fourth-order valence-electron chi connectivity index (χ4n) is 4.31. The Morgan fingerprint density at radius 2 is 2.03 bits per heavy atom. The van der Waals surface area contributed by atoms with Gasteiger partial charge in [-0.3, -0.25) is 9.59 Å². The van der Waals surface area contributed by atoms with Crippen LogP contribution in [0.4, 0.5) is 11.5 Å². The highest BCUT2D eigenvalue weighted by atomic mass is 16.5. The van der Waals surface area contributed by atoms with Gasteiger partial charge in [0, 0.05) is 24.8 Å². The summed E-state index contributed by atoms with van der Waals surface area (Å²) in [7, 11) is 0. The first kappa shape index (κ1) is 20.9. The van der Waals surface area contributed by atoms with E-state index in [1.807, 2.05) is 36.9 Å². The van der Waals surface area contributed by atoms with Crippen LogP contribution in [0.2, 0.25) is 0 Å². The van der Waals surface area contributed by atoms with E-state index in [1.54, 1.807) is 17.2 Å². The van der Waals surface area contributed by atoms with Gasteiger partial charge in [-0.05, 0) is 37.5 Å². The summed E-state index contributed by atoms with van der Waals surface area (Å²) in [6.45, 7) is 5.33. The number of anilines is 2. The van der Waals surface area contributed by atoms with Crippen LogP contribution in [0.25, 0.3) is 5.57 Å². The minimum Gasteiger partial charge on any atom is -0.361 e. The van der Waals surface area contributed by atoms with Gasteiger partial charge in [0.25, 0.3) is 5.91 Å². The van der Waals surface area contributed by atoms with Crippen LogP contribution in [0.1, 0.15) is 39.4 Å². The molecule has 0 saturated carbocycles. The van der Waals surface area contributed by atoms with E-state index in [2.05, 4.69) is 33.7 Å². The molecule has 5 rings (SSSR count). The van der Waals surface area contributed by atoms with Gasteiger partial charge in [0.2, 0.25) is 5.91 Å². The standard InChI is InChI=1S/C25H25N5O3/c1-16-21(17(2)33-28-16)15-30-22-12-20(13-26-24(22)27-14-23(30)31)25(32)29-10-8-19(9-11-29)18-6-4-3-5-7-18/h3-8,12-13H,9-11,14-15H2,1-2H3,(H,26,27). The van der Waals surface area contributed by atoms with Crippen LogP contribution in [0.3, 0.4) is 0 Å². The molecule has 0 saturated heterocycles. The second-order valence-corrected chi connectivity index (χ2v) is 8.32. The van der Waals surface area contributed by atoms with E-state index in [0.29, 0.717) is 42.5 Å². The molecule has 2 aromatic heterocycles. The Labute approximate surface area is 191 Å². The summed E-state index contributed by atoms with van der Waals surface area (Å²) in [5.74, 6) is 1.07. The van der Waals surface area contributed by atoms with Crippen molar-refractivity contribution >= 4 is 28.9 Å². The number of carbonyl (C=O) groups is 2. The molecule has 168 valence electrons. The maximum Gasteiger partial charge on any atom is 0.255 e. The fraction of sp³-hybridized carbons (Fsp3) is 0.280. The zero-order valence-electron chi connectivity index (χ0n) is 18.7. The quantitative estimate of drug-likeness (QED) is 0.663. The molecule has 0 atom stereocenters. The molecular formula is C25H25N5O3. The number of amides is 2. The predicted octanol–water partition coefficient (Wildman–Crippen LogP) is 3.57. The molecule has 8 heteroatoms. The maximum atomic E-state index is 13.2. The molecule has 2 aliphatic heterocycles. The number of aromatic nitrogens is 2. The number of nitrogens with one attached hydrogen (secondary N) is 1. The van der Waals surface area contributed by atoms with Crippen molar-refractivity contribution in [2.75, 3.05) is 29.9 Å². The molecular weight excluding hydrogens is 418 g/mol. The Kier molecular flexibility index (Phi) is 5.42. The van der Waals surface area contributed by atoms with Crippen LogP contribution in [0, 0.1) is 13.8 Å². The zero-order chi connectivity index (χ0) is 22.9. The summed E-state index contributed by atoms with van der Waals surface area (Å²) >= 11 is 0. The minimum atomic E-state index is -0.0951. The van der Waals surface area contributed by atoms with E-state index in [-0.39, 0.29) is 18.4 Å². The molecule has 3 aromatic rings. The van der Waals surface area contributed by atoms with Gasteiger partial charge in [0.1, 0.15) is 5.76 Å². The number of rotatable bonds is 4. The van der Waals surface area contributed by atoms with Crippen molar-refractivity contribution < 1.29 is 14.1 Å². The van der Waals surface area contributed by atoms with Crippen molar-refractivity contribution in [3.8, 4) is 0 Å². The molecule has 0 aliphatic carbocycles. The Hall–Kier alpha value is -3.94. The lowest BCUT2D eigenvalue weighted by molar-refractivity contribution is -0.117. The Morgan fingerprint density at radius 1 is 1.21 bits per heavy atom. The molecule has 1 aromatic carbocycles. The highest BCUT2D eigenvalue weighted by Crippen LogP contribution is 2.32. The third-order valence-corrected chi connectivity index (χ3v) is 6.25. The molecule has 4 heterocycles. The molecule has 2 amide bonds. The normalized spacial score (nSPS) is 15.7. The van der Waals surface area contributed by atoms with E-state index < -0.39 is 0 Å². The van der Waals surface area contributed by atoms with Gasteiger partial charge >= 0.3 is 0 Å². The van der Waals surface area contributed by atoms with Crippen molar-refractivity contribution in [1.29, 1.82) is 0 Å². The van der Waals surface area contributed by atoms with E-state index in [4.69, 9.17) is 4.52 Å². The topological polar surface area (TPSA) is 91.6 Å². The van der Waals surface area contributed by atoms with Gasteiger partial charge in [-0.2, -0.15) is 0 Å². The van der Waals surface area contributed by atoms with Gasteiger partial charge in [0.15, 0.2) is 5.82 Å². The molecule has 33 heavy (non-hydrogen) atoms. The Balaban J connectivity index is 1.38. The third-order valence-electron chi connectivity index (χ3n) is 6.25. The first-order valence-corrected chi connectivity index (χ1v) is 11.0. The van der Waals surface area contributed by atoms with E-state index >= 15 is 0 Å². The fourth-order valence-corrected chi connectivity index (χ4v) is 4.31. The van der Waals surface area contributed by atoms with Crippen LogP contribution in [-0.2, 0) is 11.3 Å². The second-order valence-electron chi connectivity index (χ2n) is 8.32. The molecule has 0 radical (unpaired) electrons. The molecule has 8 nitrogen and oxygen atoms in total. The van der Waals surface area contributed by atoms with Gasteiger partial charge in [-0.25, -0.2) is 4.98 Å². The van der Waals surface area contributed by atoms with Crippen LogP contribution in [0.15, 0.2) is 53.2 Å². The molecule has 0 fully saturated rings. The van der Waals surface area contributed by atoms with Crippen LogP contribution in [-0.4, -0.2) is 46.5 Å². The molecule has 0 bridgehead atoms. The van der Waals surface area contributed by atoms with Crippen molar-refractivity contribution in [3.63, 3.8) is 0 Å². The summed E-state index contributed by atoms with van der Waals surface area (Å²) in [4.78, 5) is 33.9. The summed E-state index contributed by atoms with van der Waals surface area (Å²) in [6, 6.07) is 12.0. The van der Waals surface area contributed by atoms with Crippen LogP contribution in [0.5, 0.6) is 0 Å². The van der Waals surface area contributed by atoms with Crippen LogP contribution >= 0.6 is 0 Å². The number of benzene rings is 1. The number of pyridine rings is 1. The number of nitrogens with zero attached hydrogens (tertiary/aromatic N) is 4. The summed E-state index contributed by atoms with van der Waals surface area (Å²) < 4.78 is 5.26. The lowest BCUT2D eigenvalue weighted by Crippen LogP contribution is -2.40. The summed E-state index contributed by atoms with van der Waals surface area (Å²) in [5.41, 5.74) is 5.11. The van der Waals surface area contributed by atoms with E-state index in [1.165, 1.54) is 11.1 Å². The SMILES string of the molecule is Cc1noc(C)c1CN1C(=O)CNc2ncc(C(=O)N3CC=C(c4ccccc4)CC3)cc21. The molecule has 1 N–H and O–H groups in total.